The zero-order valence-electron chi connectivity index (χ0n) is 48.5. The number of fused-ring (bicyclic) bond motifs is 6. The molecule has 0 atom stereocenters. The predicted octanol–water partition coefficient (Wildman–Crippen LogP) is 9.39. The molecule has 2 aliphatic heterocycles. The second-order valence-electron chi connectivity index (χ2n) is 21.7. The van der Waals surface area contributed by atoms with Crippen molar-refractivity contribution in [1.29, 1.82) is 0 Å². The standard InChI is InChI=1S/C39H24N2O9.C32H18N2O7S/c1-21-3-5-22(6-4-21)38(47)49-27-13-15-28(16-14-27)50-39(48)23-7-11-26(12-8-23)41-36(45)30-18-10-25(20-32(30)37(41)46)33(42)24-9-17-29-31(19-24)35(44)40(2)34(29)43;1-15-3-9-18(10-4-15)41-32(40)16-5-7-17(8-6-16)34-30(38)20-12-24-26(14-22(20)31(34)39)42-25-13-21-19(11-23(25)27(24)35)28(36)33(2)29(21)37/h3-20H,1-2H3;3-14H,1-2H3. The van der Waals surface area contributed by atoms with Crippen LogP contribution in [-0.4, -0.2) is 68.4 Å². The molecule has 9 aromatic carbocycles. The SMILES string of the molecule is Cc1ccc(C(=O)Oc2ccc(OC(=O)c3ccc(N4C(=O)c5ccc(C(=O)c6ccc7c(c6)C(=O)N(C)C7=O)cc5C4=O)cc3)cc2)cc1.Cc1ccc(OC(=O)c2ccc(-n3c(=O)c4cc5sc6cc7c(=O)n(C)c(=O)c7cc6c(=O)c5cc4c3=O)cc2)cc1. The molecule has 448 valence electrons. The fourth-order valence-corrected chi connectivity index (χ4v) is 11.9. The molecule has 5 heterocycles. The van der Waals surface area contributed by atoms with E-state index in [-0.39, 0.29) is 99.7 Å². The van der Waals surface area contributed by atoms with Crippen molar-refractivity contribution in [2.24, 2.45) is 7.05 Å². The van der Waals surface area contributed by atoms with Crippen molar-refractivity contribution >= 4 is 106 Å². The summed E-state index contributed by atoms with van der Waals surface area (Å²) in [4.78, 5) is 170. The molecule has 20 nitrogen and oxygen atoms in total. The zero-order valence-corrected chi connectivity index (χ0v) is 49.4. The molecular weight excluding hydrogens is 1200 g/mol. The highest BCUT2D eigenvalue weighted by atomic mass is 32.1. The predicted molar refractivity (Wildman–Crippen MR) is 340 cm³/mol. The second kappa shape index (κ2) is 22.6. The number of nitrogens with zero attached hydrogens (tertiary/aromatic N) is 4. The Morgan fingerprint density at radius 2 is 0.696 bits per heavy atom. The Balaban J connectivity index is 0.000000170. The van der Waals surface area contributed by atoms with Crippen LogP contribution in [0.25, 0.3) is 47.4 Å². The van der Waals surface area contributed by atoms with Gasteiger partial charge in [0.2, 0.25) is 0 Å². The molecule has 0 aliphatic carbocycles. The molecule has 0 saturated carbocycles. The number of carbonyl (C=O) groups excluding carboxylic acids is 8. The number of hydrogen-bond donors (Lipinski definition) is 0. The maximum atomic E-state index is 13.5. The molecule has 92 heavy (non-hydrogen) atoms. The van der Waals surface area contributed by atoms with E-state index < -0.39 is 75.0 Å². The lowest BCUT2D eigenvalue weighted by molar-refractivity contribution is 0.0686. The normalized spacial score (nSPS) is 12.6. The van der Waals surface area contributed by atoms with Gasteiger partial charge in [0.05, 0.1) is 71.9 Å². The number of ether oxygens (including phenoxy) is 3. The molecule has 0 N–H and O–H groups in total. The summed E-state index contributed by atoms with van der Waals surface area (Å²) < 4.78 is 19.1. The molecule has 0 spiro atoms. The number of aromatic nitrogens is 2. The Morgan fingerprint density at radius 3 is 1.17 bits per heavy atom. The Labute approximate surface area is 520 Å². The average molecular weight is 1240 g/mol. The summed E-state index contributed by atoms with van der Waals surface area (Å²) in [6, 6.07) is 45.7. The number of imide groups is 2. The number of hydrogen-bond acceptors (Lipinski definition) is 17. The number of carbonyl (C=O) groups is 8. The van der Waals surface area contributed by atoms with Crippen LogP contribution in [0.4, 0.5) is 5.69 Å². The smallest absolute Gasteiger partial charge is 0.343 e. The second-order valence-corrected chi connectivity index (χ2v) is 22.8. The minimum absolute atomic E-state index is 0.0180. The highest BCUT2D eigenvalue weighted by Gasteiger charge is 2.38. The summed E-state index contributed by atoms with van der Waals surface area (Å²) >= 11 is 1.19. The van der Waals surface area contributed by atoms with Crippen LogP contribution in [0.15, 0.2) is 206 Å². The monoisotopic (exact) mass is 1240 g/mol. The van der Waals surface area contributed by atoms with Crippen molar-refractivity contribution in [2.45, 2.75) is 13.8 Å². The lowest BCUT2D eigenvalue weighted by Gasteiger charge is -2.14. The number of rotatable bonds is 10. The van der Waals surface area contributed by atoms with Gasteiger partial charge in [-0.3, -0.25) is 57.4 Å². The van der Waals surface area contributed by atoms with Crippen molar-refractivity contribution < 1.29 is 52.6 Å². The first kappa shape index (κ1) is 58.5. The van der Waals surface area contributed by atoms with Crippen LogP contribution in [0.3, 0.4) is 0 Å². The lowest BCUT2D eigenvalue weighted by Crippen LogP contribution is -2.29. The fourth-order valence-electron chi connectivity index (χ4n) is 10.8. The molecule has 0 radical (unpaired) electrons. The number of esters is 3. The maximum Gasteiger partial charge on any atom is 0.343 e. The first-order chi connectivity index (χ1) is 44.1. The van der Waals surface area contributed by atoms with Crippen LogP contribution in [0.1, 0.15) is 99.6 Å². The van der Waals surface area contributed by atoms with Gasteiger partial charge in [-0.15, -0.1) is 11.3 Å². The largest absolute Gasteiger partial charge is 0.423 e. The van der Waals surface area contributed by atoms with Gasteiger partial charge in [-0.1, -0.05) is 47.5 Å². The topological polar surface area (TPSA) is 266 Å². The van der Waals surface area contributed by atoms with E-state index >= 15 is 0 Å². The van der Waals surface area contributed by atoms with E-state index in [9.17, 15) is 62.3 Å². The van der Waals surface area contributed by atoms with E-state index in [0.717, 1.165) is 30.1 Å². The van der Waals surface area contributed by atoms with Gasteiger partial charge in [-0.25, -0.2) is 23.9 Å². The third-order valence-corrected chi connectivity index (χ3v) is 17.0. The summed E-state index contributed by atoms with van der Waals surface area (Å²) in [7, 11) is 2.74. The van der Waals surface area contributed by atoms with E-state index in [1.54, 1.807) is 36.4 Å². The summed E-state index contributed by atoms with van der Waals surface area (Å²) in [5.41, 5.74) is 1.46. The van der Waals surface area contributed by atoms with Crippen LogP contribution < -0.4 is 46.8 Å². The van der Waals surface area contributed by atoms with Crippen LogP contribution in [0, 0.1) is 13.8 Å². The van der Waals surface area contributed by atoms with Crippen molar-refractivity contribution in [3.63, 3.8) is 0 Å². The highest BCUT2D eigenvalue weighted by Crippen LogP contribution is 2.33. The molecule has 2 aliphatic rings. The molecule has 0 saturated heterocycles. The summed E-state index contributed by atoms with van der Waals surface area (Å²) in [6.07, 6.45) is 0. The quantitative estimate of drug-likeness (QED) is 0.0406. The van der Waals surface area contributed by atoms with Gasteiger partial charge < -0.3 is 14.2 Å². The van der Waals surface area contributed by atoms with Gasteiger partial charge >= 0.3 is 17.9 Å². The van der Waals surface area contributed by atoms with Gasteiger partial charge in [-0.05, 0) is 159 Å². The summed E-state index contributed by atoms with van der Waals surface area (Å²) in [5, 5.41) is 1.07. The summed E-state index contributed by atoms with van der Waals surface area (Å²) in [5.74, 6) is -3.68. The zero-order chi connectivity index (χ0) is 64.7. The van der Waals surface area contributed by atoms with Crippen molar-refractivity contribution in [3.8, 4) is 22.9 Å². The number of aryl methyl sites for hydroxylation is 2. The lowest BCUT2D eigenvalue weighted by atomic mass is 9.96. The van der Waals surface area contributed by atoms with E-state index in [1.165, 1.54) is 159 Å². The molecule has 0 fully saturated rings. The summed E-state index contributed by atoms with van der Waals surface area (Å²) in [6.45, 7) is 3.83. The number of ketones is 1. The average Bonchev–Trinajstić information content (AvgIpc) is 1.51. The Kier molecular flexibility index (Phi) is 14.4. The van der Waals surface area contributed by atoms with Crippen LogP contribution in [0.5, 0.6) is 17.2 Å². The van der Waals surface area contributed by atoms with Crippen LogP contribution in [-0.2, 0) is 7.05 Å². The molecule has 21 heteroatoms. The van der Waals surface area contributed by atoms with Crippen LogP contribution >= 0.6 is 11.3 Å². The van der Waals surface area contributed by atoms with Crippen molar-refractivity contribution in [1.82, 2.24) is 14.0 Å². The molecule has 0 bridgehead atoms. The van der Waals surface area contributed by atoms with Crippen molar-refractivity contribution in [3.05, 3.63) is 295 Å². The van der Waals surface area contributed by atoms with E-state index in [1.807, 2.05) is 26.0 Å². The van der Waals surface area contributed by atoms with Gasteiger partial charge in [0.1, 0.15) is 17.2 Å². The first-order valence-electron chi connectivity index (χ1n) is 28.1. The molecule has 14 rings (SSSR count). The molecule has 12 aromatic rings. The number of amides is 4. The molecule has 3 aromatic heterocycles. The highest BCUT2D eigenvalue weighted by molar-refractivity contribution is 7.24. The van der Waals surface area contributed by atoms with E-state index in [0.29, 0.717) is 20.7 Å². The van der Waals surface area contributed by atoms with E-state index in [4.69, 9.17) is 14.2 Å². The first-order valence-corrected chi connectivity index (χ1v) is 28.9. The fraction of sp³-hybridized carbons (Fsp3) is 0.0563. The Morgan fingerprint density at radius 1 is 0.348 bits per heavy atom. The third kappa shape index (κ3) is 10.1. The molecule has 4 amide bonds. The van der Waals surface area contributed by atoms with Crippen LogP contribution in [0.2, 0.25) is 0 Å². The molecular formula is C71H42N4O16S. The third-order valence-electron chi connectivity index (χ3n) is 15.9. The number of anilines is 1. The minimum Gasteiger partial charge on any atom is -0.423 e. The van der Waals surface area contributed by atoms with Gasteiger partial charge in [0, 0.05) is 45.4 Å². The maximum absolute atomic E-state index is 13.5. The number of benzene rings is 9. The van der Waals surface area contributed by atoms with Gasteiger partial charge in [0.25, 0.3) is 45.9 Å². The van der Waals surface area contributed by atoms with Gasteiger partial charge in [0.15, 0.2) is 11.2 Å². The Bertz CT molecular complexity index is 5570. The van der Waals surface area contributed by atoms with E-state index in [2.05, 4.69) is 0 Å². The van der Waals surface area contributed by atoms with Crippen molar-refractivity contribution in [2.75, 3.05) is 11.9 Å². The minimum atomic E-state index is -0.698. The molecule has 0 unspecified atom stereocenters. The Hall–Kier alpha value is -12.5. The van der Waals surface area contributed by atoms with Gasteiger partial charge in [-0.2, -0.15) is 0 Å².